The van der Waals surface area contributed by atoms with Gasteiger partial charge in [0.1, 0.15) is 18.6 Å². The second kappa shape index (κ2) is 12.7. The zero-order chi connectivity index (χ0) is 32.0. The van der Waals surface area contributed by atoms with Crippen molar-refractivity contribution >= 4 is 41.4 Å². The van der Waals surface area contributed by atoms with Crippen LogP contribution in [-0.4, -0.2) is 132 Å². The molecule has 5 N–H and O–H groups in total. The molecule has 0 bridgehead atoms. The monoisotopic (exact) mass is 644 g/mol. The Kier molecular flexibility index (Phi) is 8.85. The molecule has 5 aliphatic rings. The number of nitrogens with one attached hydrogen (secondary N) is 2. The maximum absolute atomic E-state index is 13.4. The zero-order valence-electron chi connectivity index (χ0n) is 25.4. The van der Waals surface area contributed by atoms with E-state index in [1.54, 1.807) is 6.92 Å². The summed E-state index contributed by atoms with van der Waals surface area (Å²) in [6.07, 6.45) is 3.95. The van der Waals surface area contributed by atoms with Crippen LogP contribution < -0.4 is 16.4 Å². The van der Waals surface area contributed by atoms with Gasteiger partial charge in [0, 0.05) is 66.8 Å². The summed E-state index contributed by atoms with van der Waals surface area (Å²) in [4.78, 5) is 70.1. The molecule has 244 valence electrons. The zero-order valence-corrected chi connectivity index (χ0v) is 26.2. The molecule has 0 aromatic carbocycles. The van der Waals surface area contributed by atoms with E-state index < -0.39 is 24.0 Å². The number of carboxylic acid groups (broad SMARTS) is 1. The first-order valence-electron chi connectivity index (χ1n) is 15.6. The number of β-lactam (4-membered cyclic amide) rings is 1. The predicted octanol–water partition coefficient (Wildman–Crippen LogP) is -1.79. The minimum Gasteiger partial charge on any atom is -0.477 e. The molecule has 17 heteroatoms. The molecule has 4 saturated heterocycles. The van der Waals surface area contributed by atoms with Gasteiger partial charge in [-0.1, -0.05) is 6.92 Å². The lowest BCUT2D eigenvalue weighted by molar-refractivity contribution is -0.158. The van der Waals surface area contributed by atoms with Crippen molar-refractivity contribution in [3.63, 3.8) is 0 Å². The maximum Gasteiger partial charge on any atom is 0.353 e. The molecule has 1 aromatic heterocycles. The van der Waals surface area contributed by atoms with E-state index in [-0.39, 0.29) is 65.0 Å². The van der Waals surface area contributed by atoms with Crippen LogP contribution in [0.2, 0.25) is 0 Å². The van der Waals surface area contributed by atoms with E-state index in [1.807, 2.05) is 16.7 Å². The Bertz CT molecular complexity index is 1380. The number of carbonyl (C=O) groups excluding carboxylic acids is 4. The highest BCUT2D eigenvalue weighted by atomic mass is 32.2. The van der Waals surface area contributed by atoms with E-state index in [2.05, 4.69) is 26.2 Å². The van der Waals surface area contributed by atoms with E-state index in [1.165, 1.54) is 27.7 Å². The van der Waals surface area contributed by atoms with Gasteiger partial charge in [-0.3, -0.25) is 19.2 Å². The average molecular weight is 645 g/mol. The topological polar surface area (TPSA) is 209 Å². The van der Waals surface area contributed by atoms with Gasteiger partial charge in [0.05, 0.1) is 18.0 Å². The number of hydrogen-bond donors (Lipinski definition) is 4. The number of likely N-dealkylation sites (tertiary alicyclic amines) is 2. The highest BCUT2D eigenvalue weighted by molar-refractivity contribution is 8.03. The fraction of sp³-hybridized carbons (Fsp3) is 0.714. The Morgan fingerprint density at radius 2 is 1.89 bits per heavy atom. The highest BCUT2D eigenvalue weighted by Gasteiger charge is 2.60. The Morgan fingerprint density at radius 3 is 2.53 bits per heavy atom. The van der Waals surface area contributed by atoms with E-state index in [0.717, 1.165) is 6.42 Å². The molecule has 1 unspecified atom stereocenters. The largest absolute Gasteiger partial charge is 0.477 e. The molecular formula is C28H40N10O6S. The van der Waals surface area contributed by atoms with Crippen LogP contribution in [0.15, 0.2) is 16.9 Å². The molecule has 1 aromatic rings. The first-order valence-corrected chi connectivity index (χ1v) is 16.4. The predicted molar refractivity (Wildman–Crippen MR) is 160 cm³/mol. The minimum atomic E-state index is -1.17. The third kappa shape index (κ3) is 6.04. The van der Waals surface area contributed by atoms with Crippen LogP contribution in [0.5, 0.6) is 0 Å². The first-order chi connectivity index (χ1) is 21.5. The fourth-order valence-electron chi connectivity index (χ4n) is 7.46. The normalized spacial score (nSPS) is 30.8. The number of thioether (sulfide) groups is 1. The number of amides is 4. The van der Waals surface area contributed by atoms with Gasteiger partial charge in [-0.05, 0) is 43.0 Å². The number of aliphatic carboxylic acids is 1. The number of hydrogen-bond acceptors (Lipinski definition) is 11. The van der Waals surface area contributed by atoms with E-state index in [4.69, 9.17) is 5.73 Å². The van der Waals surface area contributed by atoms with Gasteiger partial charge in [-0.15, -0.1) is 16.9 Å². The summed E-state index contributed by atoms with van der Waals surface area (Å²) in [6.45, 7) is 6.45. The SMILES string of the molecule is C[C@@H](NC(=O)Cn1cnnn1)[C@H]1C(=O)N2C(C(=O)O)=C(S[C@@H]3CN[C@H](C(=O)N4CCC(C(=O)N5CCC(N)C5)CC4)C3)[C@H](C)[C@H]12. The first kappa shape index (κ1) is 31.4. The molecule has 4 amide bonds. The smallest absolute Gasteiger partial charge is 0.353 e. The summed E-state index contributed by atoms with van der Waals surface area (Å²) >= 11 is 1.42. The third-order valence-corrected chi connectivity index (χ3v) is 11.3. The van der Waals surface area contributed by atoms with Gasteiger partial charge in [0.15, 0.2) is 0 Å². The van der Waals surface area contributed by atoms with Gasteiger partial charge < -0.3 is 36.2 Å². The highest BCUT2D eigenvalue weighted by Crippen LogP contribution is 2.52. The van der Waals surface area contributed by atoms with Crippen molar-refractivity contribution in [2.24, 2.45) is 23.5 Å². The van der Waals surface area contributed by atoms with Gasteiger partial charge >= 0.3 is 5.97 Å². The lowest BCUT2D eigenvalue weighted by Gasteiger charge is -2.47. The van der Waals surface area contributed by atoms with Crippen LogP contribution in [0.4, 0.5) is 0 Å². The molecule has 0 aliphatic carbocycles. The molecule has 16 nitrogen and oxygen atoms in total. The number of carboxylic acids is 1. The summed E-state index contributed by atoms with van der Waals surface area (Å²) in [7, 11) is 0. The van der Waals surface area contributed by atoms with Crippen molar-refractivity contribution in [2.75, 3.05) is 32.7 Å². The Balaban J connectivity index is 1.03. The van der Waals surface area contributed by atoms with Gasteiger partial charge in [-0.2, -0.15) is 0 Å². The lowest BCUT2D eigenvalue weighted by Crippen LogP contribution is -2.66. The van der Waals surface area contributed by atoms with Crippen LogP contribution in [0, 0.1) is 17.8 Å². The number of piperidine rings is 1. The number of tetrazole rings is 1. The van der Waals surface area contributed by atoms with E-state index in [9.17, 15) is 29.1 Å². The summed E-state index contributed by atoms with van der Waals surface area (Å²) in [5.41, 5.74) is 5.96. The van der Waals surface area contributed by atoms with Crippen molar-refractivity contribution in [1.82, 2.24) is 45.5 Å². The Labute approximate surface area is 264 Å². The molecule has 7 atom stereocenters. The molecule has 0 spiro atoms. The fourth-order valence-corrected chi connectivity index (χ4v) is 8.94. The Morgan fingerprint density at radius 1 is 1.16 bits per heavy atom. The number of aromatic nitrogens is 4. The summed E-state index contributed by atoms with van der Waals surface area (Å²) in [5.74, 6) is -2.61. The van der Waals surface area contributed by atoms with Crippen molar-refractivity contribution in [2.45, 2.75) is 75.5 Å². The number of fused-ring (bicyclic) bond motifs is 1. The number of rotatable bonds is 9. The maximum atomic E-state index is 13.4. The lowest BCUT2D eigenvalue weighted by atomic mass is 9.78. The standard InChI is InChI=1S/C28H40N10O6S/c1-14-22-21(15(2)32-20(39)12-37-13-31-33-34-37)27(42)38(22)23(28(43)44)24(14)45-18-9-19(30-10-18)26(41)35-6-3-16(4-7-35)25(40)36-8-5-17(29)11-36/h13-19,21-22,30H,3-12,29H2,1-2H3,(H,32,39)(H,43,44)/t14-,15-,17?,18+,19+,21-,22-/m1/s1. The van der Waals surface area contributed by atoms with Crippen LogP contribution in [0.1, 0.15) is 39.5 Å². The molecular weight excluding hydrogens is 604 g/mol. The van der Waals surface area contributed by atoms with Crippen LogP contribution >= 0.6 is 11.8 Å². The van der Waals surface area contributed by atoms with Crippen molar-refractivity contribution < 1.29 is 29.1 Å². The number of carbonyl (C=O) groups is 5. The van der Waals surface area contributed by atoms with Crippen LogP contribution in [0.3, 0.4) is 0 Å². The summed E-state index contributed by atoms with van der Waals surface area (Å²) in [5, 5.41) is 26.9. The molecule has 0 radical (unpaired) electrons. The van der Waals surface area contributed by atoms with E-state index in [0.29, 0.717) is 56.9 Å². The van der Waals surface area contributed by atoms with Gasteiger partial charge in [0.2, 0.25) is 23.6 Å². The third-order valence-electron chi connectivity index (χ3n) is 9.79. The van der Waals surface area contributed by atoms with Crippen molar-refractivity contribution in [1.29, 1.82) is 0 Å². The average Bonchev–Trinajstić information content (AvgIpc) is 3.81. The minimum absolute atomic E-state index is 0.00408. The van der Waals surface area contributed by atoms with Crippen LogP contribution in [0.25, 0.3) is 0 Å². The van der Waals surface area contributed by atoms with Crippen molar-refractivity contribution in [3.05, 3.63) is 16.9 Å². The van der Waals surface area contributed by atoms with E-state index >= 15 is 0 Å². The van der Waals surface area contributed by atoms with Crippen molar-refractivity contribution in [3.8, 4) is 0 Å². The van der Waals surface area contributed by atoms with Gasteiger partial charge in [-0.25, -0.2) is 9.48 Å². The Hall–Kier alpha value is -3.57. The number of nitrogens with two attached hydrogens (primary N) is 1. The molecule has 4 fully saturated rings. The van der Waals surface area contributed by atoms with Gasteiger partial charge in [0.25, 0.3) is 0 Å². The molecule has 5 aliphatic heterocycles. The molecule has 6 heterocycles. The number of nitrogens with zero attached hydrogens (tertiary/aromatic N) is 7. The second-order valence-corrected chi connectivity index (χ2v) is 14.1. The van der Waals surface area contributed by atoms with Crippen LogP contribution in [-0.2, 0) is 30.5 Å². The second-order valence-electron chi connectivity index (χ2n) is 12.8. The quantitative estimate of drug-likeness (QED) is 0.220. The summed E-state index contributed by atoms with van der Waals surface area (Å²) < 4.78 is 1.27. The summed E-state index contributed by atoms with van der Waals surface area (Å²) in [6, 6.07) is -1.25. The molecule has 45 heavy (non-hydrogen) atoms. The molecule has 6 rings (SSSR count). The molecule has 0 saturated carbocycles.